The predicted molar refractivity (Wildman–Crippen MR) is 77.4 cm³/mol. The summed E-state index contributed by atoms with van der Waals surface area (Å²) in [5, 5.41) is 3.57. The van der Waals surface area contributed by atoms with E-state index in [9.17, 15) is 0 Å². The van der Waals surface area contributed by atoms with Crippen molar-refractivity contribution in [3.8, 4) is 11.5 Å². The summed E-state index contributed by atoms with van der Waals surface area (Å²) in [4.78, 5) is 0. The molecule has 0 aromatic heterocycles. The van der Waals surface area contributed by atoms with Gasteiger partial charge in [0, 0.05) is 24.4 Å². The fraction of sp³-hybridized carbons (Fsp3) is 0.625. The molecular weight excluding hydrogens is 254 g/mol. The Balaban J connectivity index is 1.98. The second-order valence-corrected chi connectivity index (χ2v) is 5.65. The number of methoxy groups -OCH3 is 1. The minimum atomic E-state index is -0.186. The molecule has 0 amide bonds. The van der Waals surface area contributed by atoms with Crippen molar-refractivity contribution in [2.45, 2.75) is 44.4 Å². The lowest BCUT2D eigenvalue weighted by Gasteiger charge is -2.42. The van der Waals surface area contributed by atoms with E-state index in [2.05, 4.69) is 25.2 Å². The van der Waals surface area contributed by atoms with Crippen LogP contribution in [-0.4, -0.2) is 32.0 Å². The fourth-order valence-corrected chi connectivity index (χ4v) is 3.33. The van der Waals surface area contributed by atoms with E-state index in [1.807, 2.05) is 12.1 Å². The minimum absolute atomic E-state index is 0.138. The third kappa shape index (κ3) is 2.17. The molecule has 1 aromatic carbocycles. The summed E-state index contributed by atoms with van der Waals surface area (Å²) in [6.07, 6.45) is 2.04. The van der Waals surface area contributed by atoms with Crippen LogP contribution in [0.5, 0.6) is 11.5 Å². The lowest BCUT2D eigenvalue weighted by atomic mass is 9.83. The van der Waals surface area contributed by atoms with Gasteiger partial charge < -0.3 is 19.5 Å². The van der Waals surface area contributed by atoms with E-state index in [-0.39, 0.29) is 11.7 Å². The van der Waals surface area contributed by atoms with E-state index in [1.54, 1.807) is 7.11 Å². The highest BCUT2D eigenvalue weighted by Crippen LogP contribution is 2.46. The number of hydrogen-bond acceptors (Lipinski definition) is 4. The van der Waals surface area contributed by atoms with Crippen molar-refractivity contribution in [1.29, 1.82) is 0 Å². The lowest BCUT2D eigenvalue weighted by Crippen LogP contribution is -2.48. The second-order valence-electron chi connectivity index (χ2n) is 5.65. The normalized spacial score (nSPS) is 31.9. The van der Waals surface area contributed by atoms with E-state index in [0.717, 1.165) is 37.5 Å². The molecule has 4 nitrogen and oxygen atoms in total. The third-order valence-corrected chi connectivity index (χ3v) is 4.54. The summed E-state index contributed by atoms with van der Waals surface area (Å²) in [7, 11) is 1.70. The Morgan fingerprint density at radius 3 is 2.95 bits per heavy atom. The van der Waals surface area contributed by atoms with Crippen molar-refractivity contribution in [2.24, 2.45) is 0 Å². The Labute approximate surface area is 120 Å². The molecule has 3 atom stereocenters. The minimum Gasteiger partial charge on any atom is -0.497 e. The van der Waals surface area contributed by atoms with Crippen LogP contribution in [0.1, 0.15) is 38.3 Å². The predicted octanol–water partition coefficient (Wildman–Crippen LogP) is 2.68. The largest absolute Gasteiger partial charge is 0.497 e. The molecule has 4 heteroatoms. The highest BCUT2D eigenvalue weighted by atomic mass is 16.6. The van der Waals surface area contributed by atoms with Crippen molar-refractivity contribution in [3.63, 3.8) is 0 Å². The Morgan fingerprint density at radius 2 is 2.30 bits per heavy atom. The van der Waals surface area contributed by atoms with Gasteiger partial charge >= 0.3 is 0 Å². The number of fused-ring (bicyclic) bond motifs is 1. The molecule has 0 saturated carbocycles. The fourth-order valence-electron chi connectivity index (χ4n) is 3.33. The first-order valence-electron chi connectivity index (χ1n) is 7.40. The maximum atomic E-state index is 6.35. The topological polar surface area (TPSA) is 39.7 Å². The van der Waals surface area contributed by atoms with E-state index in [1.165, 1.54) is 5.56 Å². The summed E-state index contributed by atoms with van der Waals surface area (Å²) in [6, 6.07) is 6.35. The standard InChI is InChI=1S/C16H23NO3/c1-4-17-14-10-16(7-8-19-11(16)2)20-15-6-5-12(18-3)9-13(14)15/h5-6,9,11,14,17H,4,7-8,10H2,1-3H3. The molecule has 3 rings (SSSR count). The van der Waals surface area contributed by atoms with Crippen LogP contribution in [0, 0.1) is 0 Å². The summed E-state index contributed by atoms with van der Waals surface area (Å²) in [5.41, 5.74) is 1.00. The van der Waals surface area contributed by atoms with Crippen LogP contribution in [0.3, 0.4) is 0 Å². The molecule has 1 N–H and O–H groups in total. The summed E-state index contributed by atoms with van der Waals surface area (Å²) in [5.74, 6) is 1.84. The van der Waals surface area contributed by atoms with Crippen molar-refractivity contribution >= 4 is 0 Å². The number of ether oxygens (including phenoxy) is 3. The van der Waals surface area contributed by atoms with Crippen LogP contribution >= 0.6 is 0 Å². The highest BCUT2D eigenvalue weighted by Gasteiger charge is 2.48. The van der Waals surface area contributed by atoms with Gasteiger partial charge in [0.15, 0.2) is 0 Å². The molecule has 1 spiro atoms. The second kappa shape index (κ2) is 5.26. The molecule has 110 valence electrons. The first-order valence-corrected chi connectivity index (χ1v) is 7.40. The quantitative estimate of drug-likeness (QED) is 0.922. The van der Waals surface area contributed by atoms with Crippen LogP contribution in [0.15, 0.2) is 18.2 Å². The molecule has 0 aliphatic carbocycles. The smallest absolute Gasteiger partial charge is 0.139 e. The zero-order chi connectivity index (χ0) is 14.2. The Hall–Kier alpha value is -1.26. The molecule has 2 heterocycles. The van der Waals surface area contributed by atoms with Crippen molar-refractivity contribution in [1.82, 2.24) is 5.32 Å². The van der Waals surface area contributed by atoms with Crippen molar-refractivity contribution in [3.05, 3.63) is 23.8 Å². The zero-order valence-corrected chi connectivity index (χ0v) is 12.4. The highest BCUT2D eigenvalue weighted by molar-refractivity contribution is 5.44. The van der Waals surface area contributed by atoms with Gasteiger partial charge in [0.25, 0.3) is 0 Å². The first-order chi connectivity index (χ1) is 9.68. The Kier molecular flexibility index (Phi) is 3.61. The Bertz CT molecular complexity index is 491. The number of benzene rings is 1. The van der Waals surface area contributed by atoms with Gasteiger partial charge in [0.1, 0.15) is 17.1 Å². The van der Waals surface area contributed by atoms with E-state index in [4.69, 9.17) is 14.2 Å². The molecule has 3 unspecified atom stereocenters. The SMILES string of the molecule is CCNC1CC2(CCOC2C)Oc2ccc(OC)cc21. The molecule has 1 saturated heterocycles. The number of hydrogen-bond donors (Lipinski definition) is 1. The van der Waals surface area contributed by atoms with Crippen molar-refractivity contribution in [2.75, 3.05) is 20.3 Å². The van der Waals surface area contributed by atoms with Crippen LogP contribution in [0.25, 0.3) is 0 Å². The third-order valence-electron chi connectivity index (χ3n) is 4.54. The molecular formula is C16H23NO3. The molecule has 0 bridgehead atoms. The van der Waals surface area contributed by atoms with E-state index >= 15 is 0 Å². The van der Waals surface area contributed by atoms with Crippen LogP contribution in [0.2, 0.25) is 0 Å². The van der Waals surface area contributed by atoms with E-state index in [0.29, 0.717) is 6.04 Å². The van der Waals surface area contributed by atoms with Gasteiger partial charge in [-0.3, -0.25) is 0 Å². The Morgan fingerprint density at radius 1 is 1.45 bits per heavy atom. The lowest BCUT2D eigenvalue weighted by molar-refractivity contribution is -0.0306. The van der Waals surface area contributed by atoms with Crippen LogP contribution < -0.4 is 14.8 Å². The van der Waals surface area contributed by atoms with Crippen LogP contribution in [-0.2, 0) is 4.74 Å². The summed E-state index contributed by atoms with van der Waals surface area (Å²) < 4.78 is 17.4. The van der Waals surface area contributed by atoms with Gasteiger partial charge in [-0.15, -0.1) is 0 Å². The maximum Gasteiger partial charge on any atom is 0.139 e. The van der Waals surface area contributed by atoms with Crippen LogP contribution in [0.4, 0.5) is 0 Å². The summed E-state index contributed by atoms with van der Waals surface area (Å²) in [6.45, 7) is 5.97. The summed E-state index contributed by atoms with van der Waals surface area (Å²) >= 11 is 0. The van der Waals surface area contributed by atoms with Gasteiger partial charge in [-0.05, 0) is 31.7 Å². The van der Waals surface area contributed by atoms with Gasteiger partial charge in [-0.25, -0.2) is 0 Å². The van der Waals surface area contributed by atoms with E-state index < -0.39 is 0 Å². The maximum absolute atomic E-state index is 6.35. The van der Waals surface area contributed by atoms with Gasteiger partial charge in [-0.2, -0.15) is 0 Å². The molecule has 20 heavy (non-hydrogen) atoms. The molecule has 0 radical (unpaired) electrons. The monoisotopic (exact) mass is 277 g/mol. The first kappa shape index (κ1) is 13.7. The molecule has 1 aromatic rings. The van der Waals surface area contributed by atoms with Gasteiger partial charge in [-0.1, -0.05) is 6.92 Å². The van der Waals surface area contributed by atoms with Gasteiger partial charge in [0.2, 0.25) is 0 Å². The number of rotatable bonds is 3. The molecule has 2 aliphatic rings. The number of nitrogens with one attached hydrogen (secondary N) is 1. The average Bonchev–Trinajstić information content (AvgIpc) is 2.79. The van der Waals surface area contributed by atoms with Gasteiger partial charge in [0.05, 0.1) is 19.8 Å². The van der Waals surface area contributed by atoms with Crippen molar-refractivity contribution < 1.29 is 14.2 Å². The average molecular weight is 277 g/mol. The molecule has 1 fully saturated rings. The molecule has 2 aliphatic heterocycles. The zero-order valence-electron chi connectivity index (χ0n) is 12.4.